The average molecular weight is 302 g/mol. The molecule has 0 fully saturated rings. The van der Waals surface area contributed by atoms with E-state index in [0.717, 1.165) is 20.1 Å². The highest BCUT2D eigenvalue weighted by molar-refractivity contribution is 8.01. The Morgan fingerprint density at radius 2 is 1.89 bits per heavy atom. The van der Waals surface area contributed by atoms with Gasteiger partial charge in [-0.2, -0.15) is 0 Å². The summed E-state index contributed by atoms with van der Waals surface area (Å²) in [5, 5.41) is 10.4. The van der Waals surface area contributed by atoms with Gasteiger partial charge in [-0.1, -0.05) is 22.9 Å². The fourth-order valence-electron chi connectivity index (χ4n) is 1.18. The van der Waals surface area contributed by atoms with Gasteiger partial charge in [-0.3, -0.25) is 0 Å². The molecule has 5 nitrogen and oxygen atoms in total. The first kappa shape index (κ1) is 13.5. The van der Waals surface area contributed by atoms with E-state index in [1.54, 1.807) is 0 Å². The Kier molecular flexibility index (Phi) is 4.04. The van der Waals surface area contributed by atoms with Gasteiger partial charge >= 0.3 is 0 Å². The summed E-state index contributed by atoms with van der Waals surface area (Å²) < 4.78 is 0.843. The standard InChI is InChI=1S/C10H12ClN5S2/c1-5-7(11)12-6(2)13-8(5)17-10-15-14-9(18-10)16(3)4/h1-4H3. The zero-order valence-corrected chi connectivity index (χ0v) is 12.8. The summed E-state index contributed by atoms with van der Waals surface area (Å²) >= 11 is 9.02. The summed E-state index contributed by atoms with van der Waals surface area (Å²) in [5.74, 6) is 0.658. The molecular formula is C10H12ClN5S2. The van der Waals surface area contributed by atoms with Gasteiger partial charge in [0.25, 0.3) is 0 Å². The monoisotopic (exact) mass is 301 g/mol. The van der Waals surface area contributed by atoms with Crippen LogP contribution in [0.25, 0.3) is 0 Å². The quantitative estimate of drug-likeness (QED) is 0.813. The highest BCUT2D eigenvalue weighted by Gasteiger charge is 2.13. The summed E-state index contributed by atoms with van der Waals surface area (Å²) in [4.78, 5) is 10.4. The van der Waals surface area contributed by atoms with Gasteiger partial charge in [-0.05, 0) is 25.6 Å². The number of halogens is 1. The van der Waals surface area contributed by atoms with Gasteiger partial charge in [0.05, 0.1) is 0 Å². The molecule has 0 aliphatic heterocycles. The van der Waals surface area contributed by atoms with Crippen LogP contribution in [0, 0.1) is 13.8 Å². The number of anilines is 1. The smallest absolute Gasteiger partial charge is 0.208 e. The highest BCUT2D eigenvalue weighted by Crippen LogP contribution is 2.34. The lowest BCUT2D eigenvalue weighted by Gasteiger charge is -2.05. The minimum Gasteiger partial charge on any atom is -0.353 e. The van der Waals surface area contributed by atoms with Crippen molar-refractivity contribution in [1.29, 1.82) is 0 Å². The summed E-state index contributed by atoms with van der Waals surface area (Å²) in [6.45, 7) is 3.72. The van der Waals surface area contributed by atoms with Crippen LogP contribution in [-0.2, 0) is 0 Å². The minimum absolute atomic E-state index is 0.488. The number of rotatable bonds is 3. The SMILES string of the molecule is Cc1nc(Cl)c(C)c(Sc2nnc(N(C)C)s2)n1. The van der Waals surface area contributed by atoms with Crippen LogP contribution in [0.1, 0.15) is 11.4 Å². The van der Waals surface area contributed by atoms with E-state index in [9.17, 15) is 0 Å². The second-order valence-corrected chi connectivity index (χ2v) is 6.39. The summed E-state index contributed by atoms with van der Waals surface area (Å²) in [7, 11) is 3.87. The Balaban J connectivity index is 2.28. The molecule has 0 amide bonds. The molecule has 0 aliphatic rings. The van der Waals surface area contributed by atoms with Gasteiger partial charge in [-0.25, -0.2) is 9.97 Å². The van der Waals surface area contributed by atoms with Crippen molar-refractivity contribution >= 4 is 39.8 Å². The number of hydrogen-bond donors (Lipinski definition) is 0. The molecule has 0 saturated heterocycles. The number of aromatic nitrogens is 4. The van der Waals surface area contributed by atoms with Gasteiger partial charge in [0.2, 0.25) is 5.13 Å². The van der Waals surface area contributed by atoms with Gasteiger partial charge in [-0.15, -0.1) is 10.2 Å². The molecule has 0 spiro atoms. The third-order valence-electron chi connectivity index (χ3n) is 2.12. The third kappa shape index (κ3) is 2.90. The Morgan fingerprint density at radius 3 is 2.50 bits per heavy atom. The molecular weight excluding hydrogens is 290 g/mol. The Morgan fingerprint density at radius 1 is 1.17 bits per heavy atom. The van der Waals surface area contributed by atoms with E-state index >= 15 is 0 Å². The zero-order chi connectivity index (χ0) is 13.3. The van der Waals surface area contributed by atoms with E-state index in [1.807, 2.05) is 32.8 Å². The highest BCUT2D eigenvalue weighted by atomic mass is 35.5. The minimum atomic E-state index is 0.488. The van der Waals surface area contributed by atoms with E-state index < -0.39 is 0 Å². The van der Waals surface area contributed by atoms with Crippen LogP contribution in [0.15, 0.2) is 9.37 Å². The van der Waals surface area contributed by atoms with Gasteiger partial charge in [0.1, 0.15) is 16.0 Å². The molecule has 0 radical (unpaired) electrons. The van der Waals surface area contributed by atoms with Crippen molar-refractivity contribution in [3.05, 3.63) is 16.5 Å². The lowest BCUT2D eigenvalue weighted by atomic mass is 10.4. The van der Waals surface area contributed by atoms with E-state index in [2.05, 4.69) is 20.2 Å². The Bertz CT molecular complexity index is 569. The molecule has 0 bridgehead atoms. The second kappa shape index (κ2) is 5.38. The molecule has 0 N–H and O–H groups in total. The first-order valence-electron chi connectivity index (χ1n) is 5.17. The van der Waals surface area contributed by atoms with Crippen molar-refractivity contribution in [2.75, 3.05) is 19.0 Å². The summed E-state index contributed by atoms with van der Waals surface area (Å²) in [6, 6.07) is 0. The molecule has 0 atom stereocenters. The number of hydrogen-bond acceptors (Lipinski definition) is 7. The average Bonchev–Trinajstić information content (AvgIpc) is 2.74. The van der Waals surface area contributed by atoms with Crippen molar-refractivity contribution in [2.24, 2.45) is 0 Å². The maximum atomic E-state index is 6.04. The lowest BCUT2D eigenvalue weighted by Crippen LogP contribution is -2.07. The molecule has 18 heavy (non-hydrogen) atoms. The van der Waals surface area contributed by atoms with Crippen LogP contribution in [0.2, 0.25) is 5.15 Å². The van der Waals surface area contributed by atoms with Crippen LogP contribution in [0.5, 0.6) is 0 Å². The molecule has 0 saturated carbocycles. The van der Waals surface area contributed by atoms with E-state index in [0.29, 0.717) is 11.0 Å². The normalized spacial score (nSPS) is 10.7. The molecule has 2 aromatic rings. The molecule has 0 aromatic carbocycles. The fourth-order valence-corrected chi connectivity index (χ4v) is 3.25. The van der Waals surface area contributed by atoms with Crippen LogP contribution < -0.4 is 4.90 Å². The first-order valence-corrected chi connectivity index (χ1v) is 7.18. The van der Waals surface area contributed by atoms with Crippen LogP contribution >= 0.6 is 34.7 Å². The van der Waals surface area contributed by atoms with Crippen LogP contribution in [-0.4, -0.2) is 34.3 Å². The largest absolute Gasteiger partial charge is 0.353 e. The number of aryl methyl sites for hydroxylation is 1. The Hall–Kier alpha value is -0.920. The van der Waals surface area contributed by atoms with Crippen molar-refractivity contribution in [3.8, 4) is 0 Å². The predicted molar refractivity (Wildman–Crippen MR) is 74.9 cm³/mol. The maximum absolute atomic E-state index is 6.04. The second-order valence-electron chi connectivity index (χ2n) is 3.84. The summed E-state index contributed by atoms with van der Waals surface area (Å²) in [5.41, 5.74) is 0.869. The van der Waals surface area contributed by atoms with E-state index in [1.165, 1.54) is 23.1 Å². The van der Waals surface area contributed by atoms with Crippen LogP contribution in [0.4, 0.5) is 5.13 Å². The topological polar surface area (TPSA) is 54.8 Å². The third-order valence-corrected chi connectivity index (χ3v) is 4.72. The van der Waals surface area contributed by atoms with Gasteiger partial charge in [0.15, 0.2) is 4.34 Å². The predicted octanol–water partition coefficient (Wildman–Crippen LogP) is 2.82. The molecule has 96 valence electrons. The summed E-state index contributed by atoms with van der Waals surface area (Å²) in [6.07, 6.45) is 0. The van der Waals surface area contributed by atoms with Crippen molar-refractivity contribution in [3.63, 3.8) is 0 Å². The fraction of sp³-hybridized carbons (Fsp3) is 0.400. The van der Waals surface area contributed by atoms with Crippen LogP contribution in [0.3, 0.4) is 0 Å². The Labute approximate surface area is 119 Å². The van der Waals surface area contributed by atoms with Gasteiger partial charge < -0.3 is 4.90 Å². The van der Waals surface area contributed by atoms with Crippen molar-refractivity contribution in [1.82, 2.24) is 20.2 Å². The van der Waals surface area contributed by atoms with Crippen molar-refractivity contribution in [2.45, 2.75) is 23.2 Å². The van der Waals surface area contributed by atoms with Crippen molar-refractivity contribution < 1.29 is 0 Å². The molecule has 2 rings (SSSR count). The molecule has 2 aromatic heterocycles. The molecule has 8 heteroatoms. The first-order chi connectivity index (χ1) is 8.47. The van der Waals surface area contributed by atoms with Gasteiger partial charge in [0, 0.05) is 19.7 Å². The molecule has 0 aliphatic carbocycles. The molecule has 0 unspecified atom stereocenters. The zero-order valence-electron chi connectivity index (χ0n) is 10.4. The van der Waals surface area contributed by atoms with E-state index in [4.69, 9.17) is 11.6 Å². The maximum Gasteiger partial charge on any atom is 0.208 e. The molecule has 2 heterocycles. The number of nitrogens with zero attached hydrogens (tertiary/aromatic N) is 5. The lowest BCUT2D eigenvalue weighted by molar-refractivity contribution is 0.931. The van der Waals surface area contributed by atoms with E-state index in [-0.39, 0.29) is 0 Å².